The molecule has 3 rings (SSSR count). The molecule has 9 nitrogen and oxygen atoms in total. The number of nitrogens with zero attached hydrogens (tertiary/aromatic N) is 2. The topological polar surface area (TPSA) is 114 Å². The number of methoxy groups -OCH3 is 1. The summed E-state index contributed by atoms with van der Waals surface area (Å²) < 4.78 is 6.99. The van der Waals surface area contributed by atoms with E-state index in [9.17, 15) is 14.4 Å². The average molecular weight is 357 g/mol. The molecule has 0 spiro atoms. The molecule has 9 heteroatoms. The van der Waals surface area contributed by atoms with Crippen LogP contribution in [0, 0.1) is 0 Å². The number of para-hydroxylation sites is 2. The first kappa shape index (κ1) is 17.5. The van der Waals surface area contributed by atoms with Gasteiger partial charge in [-0.1, -0.05) is 12.1 Å². The van der Waals surface area contributed by atoms with E-state index in [0.29, 0.717) is 12.3 Å². The van der Waals surface area contributed by atoms with Crippen molar-refractivity contribution in [3.05, 3.63) is 42.2 Å². The summed E-state index contributed by atoms with van der Waals surface area (Å²) in [7, 11) is 1.59. The Hall–Kier alpha value is -3.36. The molecule has 1 aromatic heterocycles. The van der Waals surface area contributed by atoms with Gasteiger partial charge in [0, 0.05) is 24.7 Å². The number of amides is 4. The van der Waals surface area contributed by atoms with E-state index in [1.807, 2.05) is 30.5 Å². The molecular formula is C17H19N5O4. The molecule has 26 heavy (non-hydrogen) atoms. The number of urea groups is 1. The molecule has 136 valence electrons. The highest BCUT2D eigenvalue weighted by atomic mass is 16.5. The van der Waals surface area contributed by atoms with Crippen molar-refractivity contribution in [3.63, 3.8) is 0 Å². The number of rotatable bonds is 7. The number of benzene rings is 1. The monoisotopic (exact) mass is 357 g/mol. The molecule has 1 saturated heterocycles. The average Bonchev–Trinajstić information content (AvgIpc) is 3.24. The molecule has 0 aliphatic carbocycles. The van der Waals surface area contributed by atoms with Crippen LogP contribution in [0.2, 0.25) is 0 Å². The summed E-state index contributed by atoms with van der Waals surface area (Å²) in [5.74, 6) is 0.0907. The van der Waals surface area contributed by atoms with Gasteiger partial charge in [0.15, 0.2) is 0 Å². The van der Waals surface area contributed by atoms with Gasteiger partial charge < -0.3 is 15.4 Å². The summed E-state index contributed by atoms with van der Waals surface area (Å²) in [6, 6.07) is 6.32. The van der Waals surface area contributed by atoms with E-state index in [1.165, 1.54) is 0 Å². The van der Waals surface area contributed by atoms with Crippen molar-refractivity contribution in [2.75, 3.05) is 7.11 Å². The second-order valence-corrected chi connectivity index (χ2v) is 5.80. The molecule has 1 fully saturated rings. The number of hydrogen-bond acceptors (Lipinski definition) is 5. The third kappa shape index (κ3) is 4.00. The van der Waals surface area contributed by atoms with Crippen molar-refractivity contribution >= 4 is 17.8 Å². The highest BCUT2D eigenvalue weighted by molar-refractivity contribution is 6.04. The lowest BCUT2D eigenvalue weighted by atomic mass is 10.1. The highest BCUT2D eigenvalue weighted by Crippen LogP contribution is 2.21. The Morgan fingerprint density at radius 2 is 2.15 bits per heavy atom. The van der Waals surface area contributed by atoms with Gasteiger partial charge in [-0.25, -0.2) is 9.48 Å². The van der Waals surface area contributed by atoms with Gasteiger partial charge in [0.05, 0.1) is 13.3 Å². The van der Waals surface area contributed by atoms with Crippen LogP contribution in [0.15, 0.2) is 36.7 Å². The summed E-state index contributed by atoms with van der Waals surface area (Å²) >= 11 is 0. The van der Waals surface area contributed by atoms with Crippen molar-refractivity contribution in [1.82, 2.24) is 25.7 Å². The highest BCUT2D eigenvalue weighted by Gasteiger charge is 2.29. The van der Waals surface area contributed by atoms with Crippen LogP contribution in [0.5, 0.6) is 5.75 Å². The minimum atomic E-state index is -0.651. The van der Waals surface area contributed by atoms with Gasteiger partial charge in [0.25, 0.3) is 5.91 Å². The fourth-order valence-corrected chi connectivity index (χ4v) is 2.63. The first-order chi connectivity index (χ1) is 12.6. The molecule has 1 aliphatic heterocycles. The Morgan fingerprint density at radius 1 is 1.35 bits per heavy atom. The molecule has 4 amide bonds. The maximum absolute atomic E-state index is 11.9. The van der Waals surface area contributed by atoms with Crippen LogP contribution in [0.1, 0.15) is 18.4 Å². The van der Waals surface area contributed by atoms with Crippen LogP contribution < -0.4 is 20.7 Å². The molecular weight excluding hydrogens is 338 g/mol. The summed E-state index contributed by atoms with van der Waals surface area (Å²) in [5.41, 5.74) is 1.63. The number of ether oxygens (including phenoxy) is 1. The SMILES string of the molecule is COc1ccccc1-n1cc(CNC(=O)CC[C@H]2NC(=O)NC2=O)cn1. The van der Waals surface area contributed by atoms with E-state index in [1.54, 1.807) is 18.0 Å². The van der Waals surface area contributed by atoms with Gasteiger partial charge in [0.1, 0.15) is 17.5 Å². The number of carbonyl (C=O) groups excluding carboxylic acids is 3. The van der Waals surface area contributed by atoms with Crippen molar-refractivity contribution in [2.45, 2.75) is 25.4 Å². The van der Waals surface area contributed by atoms with Gasteiger partial charge in [-0.05, 0) is 18.6 Å². The Balaban J connectivity index is 1.51. The second kappa shape index (κ2) is 7.68. The van der Waals surface area contributed by atoms with Crippen LogP contribution in [-0.4, -0.2) is 40.8 Å². The molecule has 1 aliphatic rings. The molecule has 1 atom stereocenters. The van der Waals surface area contributed by atoms with Crippen molar-refractivity contribution in [3.8, 4) is 11.4 Å². The van der Waals surface area contributed by atoms with Crippen LogP contribution >= 0.6 is 0 Å². The van der Waals surface area contributed by atoms with E-state index in [2.05, 4.69) is 21.0 Å². The summed E-state index contributed by atoms with van der Waals surface area (Å²) in [4.78, 5) is 34.4. The van der Waals surface area contributed by atoms with E-state index in [-0.39, 0.29) is 18.7 Å². The van der Waals surface area contributed by atoms with Gasteiger partial charge in [-0.15, -0.1) is 0 Å². The van der Waals surface area contributed by atoms with Crippen LogP contribution in [0.3, 0.4) is 0 Å². The van der Waals surface area contributed by atoms with Gasteiger partial charge in [-0.2, -0.15) is 5.10 Å². The maximum atomic E-state index is 11.9. The van der Waals surface area contributed by atoms with E-state index in [0.717, 1.165) is 11.3 Å². The van der Waals surface area contributed by atoms with E-state index >= 15 is 0 Å². The minimum Gasteiger partial charge on any atom is -0.494 e. The zero-order chi connectivity index (χ0) is 18.5. The standard InChI is InChI=1S/C17H19N5O4/c1-26-14-5-3-2-4-13(14)22-10-11(9-19-22)8-18-15(23)7-6-12-16(24)21-17(25)20-12/h2-5,9-10,12H,6-8H2,1H3,(H,18,23)(H2,20,21,24,25)/t12-/m1/s1. The first-order valence-corrected chi connectivity index (χ1v) is 8.12. The van der Waals surface area contributed by atoms with Crippen molar-refractivity contribution < 1.29 is 19.1 Å². The number of carbonyl (C=O) groups is 3. The molecule has 0 bridgehead atoms. The summed E-state index contributed by atoms with van der Waals surface area (Å²) in [6.07, 6.45) is 3.86. The van der Waals surface area contributed by atoms with Gasteiger partial charge >= 0.3 is 6.03 Å². The summed E-state index contributed by atoms with van der Waals surface area (Å²) in [6.45, 7) is 0.317. The van der Waals surface area contributed by atoms with E-state index in [4.69, 9.17) is 4.74 Å². The van der Waals surface area contributed by atoms with Crippen molar-refractivity contribution in [1.29, 1.82) is 0 Å². The lowest BCUT2D eigenvalue weighted by Gasteiger charge is -2.08. The number of nitrogens with one attached hydrogen (secondary N) is 3. The van der Waals surface area contributed by atoms with Crippen LogP contribution in [0.25, 0.3) is 5.69 Å². The largest absolute Gasteiger partial charge is 0.494 e. The summed E-state index contributed by atoms with van der Waals surface area (Å²) in [5, 5.41) is 11.7. The number of aromatic nitrogens is 2. The van der Waals surface area contributed by atoms with Crippen LogP contribution in [0.4, 0.5) is 4.79 Å². The lowest BCUT2D eigenvalue weighted by Crippen LogP contribution is -2.31. The quantitative estimate of drug-likeness (QED) is 0.624. The lowest BCUT2D eigenvalue weighted by molar-refractivity contribution is -0.122. The predicted octanol–water partition coefficient (Wildman–Crippen LogP) is 0.485. The Kier molecular flexibility index (Phi) is 5.16. The van der Waals surface area contributed by atoms with Gasteiger partial charge in [-0.3, -0.25) is 14.9 Å². The number of hydrogen-bond donors (Lipinski definition) is 3. The molecule has 0 unspecified atom stereocenters. The zero-order valence-electron chi connectivity index (χ0n) is 14.2. The third-order valence-corrected chi connectivity index (χ3v) is 3.98. The smallest absolute Gasteiger partial charge is 0.322 e. The fourth-order valence-electron chi connectivity index (χ4n) is 2.63. The van der Waals surface area contributed by atoms with E-state index < -0.39 is 18.0 Å². The minimum absolute atomic E-state index is 0.138. The fraction of sp³-hybridized carbons (Fsp3) is 0.294. The molecule has 1 aromatic carbocycles. The number of imide groups is 1. The Bertz CT molecular complexity index is 832. The van der Waals surface area contributed by atoms with Crippen molar-refractivity contribution in [2.24, 2.45) is 0 Å². The van der Waals surface area contributed by atoms with Gasteiger partial charge in [0.2, 0.25) is 5.91 Å². The normalized spacial score (nSPS) is 16.1. The van der Waals surface area contributed by atoms with Crippen LogP contribution in [-0.2, 0) is 16.1 Å². The molecule has 2 heterocycles. The predicted molar refractivity (Wildman–Crippen MR) is 91.7 cm³/mol. The zero-order valence-corrected chi connectivity index (χ0v) is 14.2. The second-order valence-electron chi connectivity index (χ2n) is 5.80. The first-order valence-electron chi connectivity index (χ1n) is 8.12. The molecule has 3 N–H and O–H groups in total. The maximum Gasteiger partial charge on any atom is 0.322 e. The molecule has 2 aromatic rings. The molecule has 0 radical (unpaired) electrons. The Morgan fingerprint density at radius 3 is 2.88 bits per heavy atom. The Labute approximate surface area is 149 Å². The third-order valence-electron chi connectivity index (χ3n) is 3.98. The molecule has 0 saturated carbocycles.